The number of unbranched alkanes of at least 4 members (excludes halogenated alkanes) is 3. The van der Waals surface area contributed by atoms with Crippen LogP contribution in [0.15, 0.2) is 78.9 Å². The Bertz CT molecular complexity index is 1440. The van der Waals surface area contributed by atoms with Crippen molar-refractivity contribution in [3.05, 3.63) is 107 Å². The standard InChI is InChI=1S/C23H20FN3O2.C11H16/c1-2-3-8-29-23(28)15-4-6-20(7-5-15)27-22-12-19(24)10-16-9-17(13-25)18(14-26)11-21(16)22;1-2-3-5-8-11-9-6-4-7-10-11/h4-7,9-12,23,27-28H,2-3,8H2,1H3;4,6-7,9-10H,2-3,5,8H2,1H3. The Balaban J connectivity index is 0.000000336. The number of aryl methyl sites for hydroxylation is 1. The van der Waals surface area contributed by atoms with E-state index >= 15 is 0 Å². The van der Waals surface area contributed by atoms with Crippen LogP contribution in [0, 0.1) is 28.5 Å². The molecule has 4 aromatic rings. The Labute approximate surface area is 236 Å². The van der Waals surface area contributed by atoms with Crippen LogP contribution in [-0.2, 0) is 11.2 Å². The number of benzene rings is 4. The SMILES string of the molecule is CCCCCc1ccccc1.CCCCOC(O)c1ccc(Nc2cc(F)cc3cc(C#N)c(C#N)cc23)cc1. The van der Waals surface area contributed by atoms with Gasteiger partial charge in [-0.05, 0) is 66.6 Å². The predicted octanol–water partition coefficient (Wildman–Crippen LogP) is 8.69. The molecule has 0 saturated heterocycles. The zero-order chi connectivity index (χ0) is 28.7. The lowest BCUT2D eigenvalue weighted by atomic mass is 10.0. The molecule has 5 nitrogen and oxygen atoms in total. The number of hydrogen-bond acceptors (Lipinski definition) is 5. The van der Waals surface area contributed by atoms with E-state index in [4.69, 9.17) is 4.74 Å². The number of nitriles is 2. The highest BCUT2D eigenvalue weighted by Crippen LogP contribution is 2.31. The van der Waals surface area contributed by atoms with Crippen LogP contribution in [0.3, 0.4) is 0 Å². The smallest absolute Gasteiger partial charge is 0.181 e. The van der Waals surface area contributed by atoms with Crippen molar-refractivity contribution < 1.29 is 14.2 Å². The van der Waals surface area contributed by atoms with Gasteiger partial charge in [-0.2, -0.15) is 10.5 Å². The highest BCUT2D eigenvalue weighted by atomic mass is 19.1. The molecule has 40 heavy (non-hydrogen) atoms. The summed E-state index contributed by atoms with van der Waals surface area (Å²) in [5.74, 6) is -0.454. The summed E-state index contributed by atoms with van der Waals surface area (Å²) in [6.45, 7) is 4.77. The van der Waals surface area contributed by atoms with Gasteiger partial charge in [-0.25, -0.2) is 4.39 Å². The Morgan fingerprint density at radius 2 is 1.52 bits per heavy atom. The number of ether oxygens (including phenoxy) is 1. The molecule has 206 valence electrons. The summed E-state index contributed by atoms with van der Waals surface area (Å²) in [4.78, 5) is 0. The normalized spacial score (nSPS) is 11.2. The van der Waals surface area contributed by atoms with Crippen LogP contribution in [0.4, 0.5) is 15.8 Å². The third-order valence-corrected chi connectivity index (χ3v) is 6.46. The summed E-state index contributed by atoms with van der Waals surface area (Å²) >= 11 is 0. The van der Waals surface area contributed by atoms with E-state index in [-0.39, 0.29) is 11.1 Å². The van der Waals surface area contributed by atoms with Crippen molar-refractivity contribution in [1.29, 1.82) is 10.5 Å². The van der Waals surface area contributed by atoms with Gasteiger partial charge in [-0.1, -0.05) is 75.6 Å². The maximum atomic E-state index is 14.1. The Morgan fingerprint density at radius 1 is 0.850 bits per heavy atom. The summed E-state index contributed by atoms with van der Waals surface area (Å²) in [5, 5.41) is 32.8. The van der Waals surface area contributed by atoms with Crippen LogP contribution in [-0.4, -0.2) is 11.7 Å². The summed E-state index contributed by atoms with van der Waals surface area (Å²) in [5.41, 5.74) is 3.70. The molecule has 0 heterocycles. The van der Waals surface area contributed by atoms with Crippen LogP contribution in [0.25, 0.3) is 10.8 Å². The molecule has 0 radical (unpaired) electrons. The molecule has 1 atom stereocenters. The van der Waals surface area contributed by atoms with Crippen molar-refractivity contribution in [2.24, 2.45) is 0 Å². The van der Waals surface area contributed by atoms with E-state index in [2.05, 4.69) is 42.6 Å². The molecule has 1 unspecified atom stereocenters. The third-order valence-electron chi connectivity index (χ3n) is 6.46. The number of aliphatic hydroxyl groups excluding tert-OH is 1. The van der Waals surface area contributed by atoms with E-state index in [1.807, 2.05) is 19.1 Å². The number of fused-ring (bicyclic) bond motifs is 1. The second-order valence-electron chi connectivity index (χ2n) is 9.56. The van der Waals surface area contributed by atoms with Crippen molar-refractivity contribution in [2.45, 2.75) is 58.7 Å². The first kappa shape index (κ1) is 30.3. The molecule has 4 aromatic carbocycles. The molecule has 2 N–H and O–H groups in total. The van der Waals surface area contributed by atoms with Crippen LogP contribution in [0.5, 0.6) is 0 Å². The first-order valence-electron chi connectivity index (χ1n) is 13.8. The van der Waals surface area contributed by atoms with E-state index in [0.717, 1.165) is 12.8 Å². The predicted molar refractivity (Wildman–Crippen MR) is 159 cm³/mol. The average molecular weight is 538 g/mol. The summed E-state index contributed by atoms with van der Waals surface area (Å²) in [7, 11) is 0. The van der Waals surface area contributed by atoms with Gasteiger partial charge in [0.1, 0.15) is 18.0 Å². The lowest BCUT2D eigenvalue weighted by Crippen LogP contribution is -2.04. The first-order valence-corrected chi connectivity index (χ1v) is 13.8. The molecule has 0 aliphatic heterocycles. The third kappa shape index (κ3) is 8.92. The Kier molecular flexibility index (Phi) is 12.1. The first-order chi connectivity index (χ1) is 19.5. The fraction of sp³-hybridized carbons (Fsp3) is 0.294. The van der Waals surface area contributed by atoms with Crippen LogP contribution in [0.2, 0.25) is 0 Å². The van der Waals surface area contributed by atoms with Gasteiger partial charge in [0.15, 0.2) is 6.29 Å². The number of nitrogens with one attached hydrogen (secondary N) is 1. The molecule has 0 aromatic heterocycles. The average Bonchev–Trinajstić information content (AvgIpc) is 2.98. The van der Waals surface area contributed by atoms with Gasteiger partial charge < -0.3 is 15.2 Å². The zero-order valence-corrected chi connectivity index (χ0v) is 23.2. The molecule has 0 aliphatic carbocycles. The molecule has 0 amide bonds. The number of hydrogen-bond donors (Lipinski definition) is 2. The second-order valence-corrected chi connectivity index (χ2v) is 9.56. The maximum Gasteiger partial charge on any atom is 0.181 e. The Hall–Kier alpha value is -4.23. The van der Waals surface area contributed by atoms with Crippen molar-refractivity contribution in [1.82, 2.24) is 0 Å². The highest BCUT2D eigenvalue weighted by molar-refractivity contribution is 5.97. The molecular weight excluding hydrogens is 501 g/mol. The van der Waals surface area contributed by atoms with Crippen LogP contribution in [0.1, 0.15) is 74.5 Å². The van der Waals surface area contributed by atoms with Crippen LogP contribution >= 0.6 is 0 Å². The fourth-order valence-corrected chi connectivity index (χ4v) is 4.21. The molecule has 0 aliphatic rings. The van der Waals surface area contributed by atoms with Gasteiger partial charge in [0.05, 0.1) is 17.7 Å². The van der Waals surface area contributed by atoms with Crippen molar-refractivity contribution >= 4 is 22.1 Å². The largest absolute Gasteiger partial charge is 0.364 e. The Morgan fingerprint density at radius 3 is 2.17 bits per heavy atom. The molecule has 6 heteroatoms. The minimum atomic E-state index is -0.992. The minimum absolute atomic E-state index is 0.206. The number of aliphatic hydroxyl groups is 1. The van der Waals surface area contributed by atoms with Crippen molar-refractivity contribution in [3.63, 3.8) is 0 Å². The number of nitrogens with zero attached hydrogens (tertiary/aromatic N) is 2. The number of anilines is 2. The molecule has 0 bridgehead atoms. The number of rotatable bonds is 11. The second kappa shape index (κ2) is 16.0. The maximum absolute atomic E-state index is 14.1. The lowest BCUT2D eigenvalue weighted by molar-refractivity contribution is -0.103. The van der Waals surface area contributed by atoms with Gasteiger partial charge in [-0.3, -0.25) is 0 Å². The zero-order valence-electron chi connectivity index (χ0n) is 23.2. The lowest BCUT2D eigenvalue weighted by Gasteiger charge is -2.14. The van der Waals surface area contributed by atoms with Gasteiger partial charge in [0.25, 0.3) is 0 Å². The summed E-state index contributed by atoms with van der Waals surface area (Å²) in [6.07, 6.45) is 6.12. The molecule has 0 saturated carbocycles. The summed E-state index contributed by atoms with van der Waals surface area (Å²) in [6, 6.07) is 27.4. The van der Waals surface area contributed by atoms with Gasteiger partial charge in [0.2, 0.25) is 0 Å². The molecule has 4 rings (SSSR count). The topological polar surface area (TPSA) is 89.1 Å². The molecule has 0 spiro atoms. The van der Waals surface area contributed by atoms with E-state index < -0.39 is 12.1 Å². The van der Waals surface area contributed by atoms with Gasteiger partial charge in [-0.15, -0.1) is 0 Å². The molecular formula is C34H36FN3O2. The number of halogens is 1. The van der Waals surface area contributed by atoms with Crippen molar-refractivity contribution in [2.75, 3.05) is 11.9 Å². The monoisotopic (exact) mass is 537 g/mol. The van der Waals surface area contributed by atoms with Crippen LogP contribution < -0.4 is 5.32 Å². The van der Waals surface area contributed by atoms with Crippen molar-refractivity contribution in [3.8, 4) is 12.1 Å². The quantitative estimate of drug-likeness (QED) is 0.148. The molecule has 0 fully saturated rings. The van der Waals surface area contributed by atoms with Gasteiger partial charge in [0, 0.05) is 22.3 Å². The van der Waals surface area contributed by atoms with Gasteiger partial charge >= 0.3 is 0 Å². The van der Waals surface area contributed by atoms with E-state index in [9.17, 15) is 20.0 Å². The minimum Gasteiger partial charge on any atom is -0.364 e. The highest BCUT2D eigenvalue weighted by Gasteiger charge is 2.11. The summed E-state index contributed by atoms with van der Waals surface area (Å²) < 4.78 is 19.5. The van der Waals surface area contributed by atoms with E-state index in [1.165, 1.54) is 49.4 Å². The van der Waals surface area contributed by atoms with E-state index in [0.29, 0.717) is 34.3 Å². The van der Waals surface area contributed by atoms with E-state index in [1.54, 1.807) is 30.3 Å². The fourth-order valence-electron chi connectivity index (χ4n) is 4.21.